The number of nitrogens with zero attached hydrogens (tertiary/aromatic N) is 3. The fourth-order valence-corrected chi connectivity index (χ4v) is 2.48. The number of aromatic nitrogens is 2. The van der Waals surface area contributed by atoms with Crippen LogP contribution in [0.25, 0.3) is 0 Å². The summed E-state index contributed by atoms with van der Waals surface area (Å²) >= 11 is 0. The minimum atomic E-state index is -0.248. The van der Waals surface area contributed by atoms with Crippen LogP contribution in [0.15, 0.2) is 12.4 Å². The molecule has 1 aliphatic carbocycles. The first-order chi connectivity index (χ1) is 10.1. The van der Waals surface area contributed by atoms with Crippen LogP contribution in [0.5, 0.6) is 0 Å². The summed E-state index contributed by atoms with van der Waals surface area (Å²) in [4.78, 5) is 22.7. The van der Waals surface area contributed by atoms with Gasteiger partial charge in [-0.1, -0.05) is 6.92 Å². The first-order valence-corrected chi connectivity index (χ1v) is 7.61. The number of hydrogen-bond donors (Lipinski definition) is 1. The third-order valence-electron chi connectivity index (χ3n) is 4.24. The molecule has 0 radical (unpaired) electrons. The third-order valence-corrected chi connectivity index (χ3v) is 4.24. The van der Waals surface area contributed by atoms with Gasteiger partial charge in [0.15, 0.2) is 0 Å². The van der Waals surface area contributed by atoms with E-state index < -0.39 is 0 Å². The number of nitrogens with one attached hydrogen (secondary N) is 1. The third kappa shape index (κ3) is 3.32. The Balaban J connectivity index is 1.60. The average molecular weight is 290 g/mol. The summed E-state index contributed by atoms with van der Waals surface area (Å²) in [7, 11) is 0. The van der Waals surface area contributed by atoms with Gasteiger partial charge in [-0.25, -0.2) is 14.8 Å². The Morgan fingerprint density at radius 2 is 2.19 bits per heavy atom. The molecule has 2 fully saturated rings. The molecule has 6 heteroatoms. The van der Waals surface area contributed by atoms with E-state index in [1.807, 2.05) is 6.92 Å². The molecule has 0 unspecified atom stereocenters. The molecule has 1 aliphatic heterocycles. The molecule has 1 N–H and O–H groups in total. The van der Waals surface area contributed by atoms with Gasteiger partial charge in [0, 0.05) is 12.5 Å². The Morgan fingerprint density at radius 1 is 1.48 bits per heavy atom. The quantitative estimate of drug-likeness (QED) is 0.928. The van der Waals surface area contributed by atoms with Gasteiger partial charge < -0.3 is 15.0 Å². The summed E-state index contributed by atoms with van der Waals surface area (Å²) in [6.45, 7) is 5.92. The van der Waals surface area contributed by atoms with Crippen LogP contribution in [-0.4, -0.2) is 46.2 Å². The van der Waals surface area contributed by atoms with Crippen LogP contribution in [0, 0.1) is 0 Å². The van der Waals surface area contributed by atoms with Crippen molar-refractivity contribution in [2.45, 2.75) is 44.6 Å². The summed E-state index contributed by atoms with van der Waals surface area (Å²) in [6, 6.07) is -0.110. The maximum absolute atomic E-state index is 12.3. The second-order valence-corrected chi connectivity index (χ2v) is 6.11. The van der Waals surface area contributed by atoms with Gasteiger partial charge in [-0.2, -0.15) is 0 Å². The van der Waals surface area contributed by atoms with Crippen molar-refractivity contribution in [1.82, 2.24) is 14.9 Å². The molecule has 0 aromatic carbocycles. The lowest BCUT2D eigenvalue weighted by Crippen LogP contribution is -2.53. The molecule has 0 spiro atoms. The molecule has 6 nitrogen and oxygen atoms in total. The van der Waals surface area contributed by atoms with Gasteiger partial charge in [0.1, 0.15) is 5.82 Å². The zero-order valence-electron chi connectivity index (χ0n) is 12.6. The predicted molar refractivity (Wildman–Crippen MR) is 79.2 cm³/mol. The molecular weight excluding hydrogens is 268 g/mol. The average Bonchev–Trinajstić information content (AvgIpc) is 3.33. The van der Waals surface area contributed by atoms with Gasteiger partial charge >= 0.3 is 6.03 Å². The summed E-state index contributed by atoms with van der Waals surface area (Å²) in [6.07, 6.45) is 6.62. The van der Waals surface area contributed by atoms with Gasteiger partial charge in [-0.05, 0) is 26.2 Å². The Morgan fingerprint density at radius 3 is 2.81 bits per heavy atom. The molecule has 21 heavy (non-hydrogen) atoms. The molecular formula is C15H22N4O2. The molecule has 3 rings (SSSR count). The minimum Gasteiger partial charge on any atom is -0.372 e. The molecule has 114 valence electrons. The van der Waals surface area contributed by atoms with Crippen LogP contribution in [-0.2, 0) is 4.74 Å². The van der Waals surface area contributed by atoms with Gasteiger partial charge in [0.2, 0.25) is 0 Å². The highest BCUT2D eigenvalue weighted by molar-refractivity contribution is 5.89. The monoisotopic (exact) mass is 290 g/mol. The Labute approximate surface area is 124 Å². The lowest BCUT2D eigenvalue weighted by atomic mass is 10.0. The van der Waals surface area contributed by atoms with Crippen molar-refractivity contribution in [2.75, 3.05) is 25.0 Å². The first-order valence-electron chi connectivity index (χ1n) is 7.61. The van der Waals surface area contributed by atoms with E-state index in [4.69, 9.17) is 4.74 Å². The SMILES string of the molecule is CC[C@]1(C)CN(C(=O)Nc2cnc(C3CC3)nc2)CCO1. The van der Waals surface area contributed by atoms with Gasteiger partial charge in [0.05, 0.1) is 36.8 Å². The van der Waals surface area contributed by atoms with E-state index >= 15 is 0 Å². The molecule has 1 atom stereocenters. The normalized spacial score (nSPS) is 25.7. The zero-order valence-corrected chi connectivity index (χ0v) is 12.6. The van der Waals surface area contributed by atoms with Crippen LogP contribution in [0.2, 0.25) is 0 Å². The van der Waals surface area contributed by atoms with E-state index in [0.717, 1.165) is 12.2 Å². The van der Waals surface area contributed by atoms with Crippen molar-refractivity contribution >= 4 is 11.7 Å². The van der Waals surface area contributed by atoms with E-state index in [0.29, 0.717) is 31.3 Å². The zero-order chi connectivity index (χ0) is 14.9. The fraction of sp³-hybridized carbons (Fsp3) is 0.667. The predicted octanol–water partition coefficient (Wildman–Crippen LogP) is 2.39. The second kappa shape index (κ2) is 5.60. The van der Waals surface area contributed by atoms with Crippen molar-refractivity contribution in [3.8, 4) is 0 Å². The largest absolute Gasteiger partial charge is 0.372 e. The molecule has 2 heterocycles. The summed E-state index contributed by atoms with van der Waals surface area (Å²) in [5.41, 5.74) is 0.399. The maximum Gasteiger partial charge on any atom is 0.322 e. The molecule has 2 amide bonds. The molecule has 1 aromatic heterocycles. The van der Waals surface area contributed by atoms with Gasteiger partial charge in [-0.3, -0.25) is 0 Å². The maximum atomic E-state index is 12.3. The van der Waals surface area contributed by atoms with E-state index in [9.17, 15) is 4.79 Å². The number of hydrogen-bond acceptors (Lipinski definition) is 4. The van der Waals surface area contributed by atoms with Crippen molar-refractivity contribution in [3.05, 3.63) is 18.2 Å². The van der Waals surface area contributed by atoms with Crippen molar-refractivity contribution in [3.63, 3.8) is 0 Å². The second-order valence-electron chi connectivity index (χ2n) is 6.11. The smallest absolute Gasteiger partial charge is 0.322 e. The number of ether oxygens (including phenoxy) is 1. The molecule has 1 aromatic rings. The summed E-state index contributed by atoms with van der Waals surface area (Å²) < 4.78 is 5.75. The number of morpholine rings is 1. The summed E-state index contributed by atoms with van der Waals surface area (Å²) in [5, 5.41) is 2.87. The molecule has 0 bridgehead atoms. The molecule has 1 saturated carbocycles. The van der Waals surface area contributed by atoms with E-state index in [2.05, 4.69) is 22.2 Å². The van der Waals surface area contributed by atoms with Crippen LogP contribution in [0.3, 0.4) is 0 Å². The van der Waals surface area contributed by atoms with Crippen molar-refractivity contribution in [1.29, 1.82) is 0 Å². The lowest BCUT2D eigenvalue weighted by Gasteiger charge is -2.39. The van der Waals surface area contributed by atoms with Gasteiger partial charge in [0.25, 0.3) is 0 Å². The van der Waals surface area contributed by atoms with E-state index in [1.54, 1.807) is 17.3 Å². The van der Waals surface area contributed by atoms with Crippen molar-refractivity contribution in [2.24, 2.45) is 0 Å². The number of carbonyl (C=O) groups excluding carboxylic acids is 1. The number of amides is 2. The van der Waals surface area contributed by atoms with Gasteiger partial charge in [-0.15, -0.1) is 0 Å². The molecule has 2 aliphatic rings. The van der Waals surface area contributed by atoms with Crippen LogP contribution < -0.4 is 5.32 Å². The van der Waals surface area contributed by atoms with Crippen LogP contribution >= 0.6 is 0 Å². The molecule has 1 saturated heterocycles. The highest BCUT2D eigenvalue weighted by atomic mass is 16.5. The Bertz CT molecular complexity index is 515. The Kier molecular flexibility index (Phi) is 3.80. The lowest BCUT2D eigenvalue weighted by molar-refractivity contribution is -0.0860. The topological polar surface area (TPSA) is 67.4 Å². The Hall–Kier alpha value is -1.69. The summed E-state index contributed by atoms with van der Waals surface area (Å²) in [5.74, 6) is 1.41. The highest BCUT2D eigenvalue weighted by Crippen LogP contribution is 2.37. The number of urea groups is 1. The number of carbonyl (C=O) groups is 1. The highest BCUT2D eigenvalue weighted by Gasteiger charge is 2.32. The number of rotatable bonds is 3. The number of anilines is 1. The van der Waals surface area contributed by atoms with E-state index in [-0.39, 0.29) is 11.6 Å². The fourth-order valence-electron chi connectivity index (χ4n) is 2.48. The van der Waals surface area contributed by atoms with Crippen molar-refractivity contribution < 1.29 is 9.53 Å². The first kappa shape index (κ1) is 14.3. The van der Waals surface area contributed by atoms with Crippen LogP contribution in [0.4, 0.5) is 10.5 Å². The van der Waals surface area contributed by atoms with E-state index in [1.165, 1.54) is 12.8 Å². The van der Waals surface area contributed by atoms with Crippen LogP contribution in [0.1, 0.15) is 44.9 Å². The minimum absolute atomic E-state index is 0.110. The standard InChI is InChI=1S/C15H22N4O2/c1-3-15(2)10-19(6-7-21-15)14(20)18-12-8-16-13(17-9-12)11-4-5-11/h8-9,11H,3-7,10H2,1-2H3,(H,18,20)/t15-/m1/s1.